The molecule has 4 nitrogen and oxygen atoms in total. The standard InChI is InChI=1S/C11H20N2O2/c1-4-9(2)12-10(3)11(14)13-5-7-15-8-6-13/h4,9-10,12H,1,5-8H2,2-3H3. The van der Waals surface area contributed by atoms with Crippen molar-refractivity contribution in [3.05, 3.63) is 12.7 Å². The molecule has 1 heterocycles. The van der Waals surface area contributed by atoms with Crippen LogP contribution in [0.5, 0.6) is 0 Å². The van der Waals surface area contributed by atoms with E-state index in [2.05, 4.69) is 11.9 Å². The summed E-state index contributed by atoms with van der Waals surface area (Å²) in [6.45, 7) is 10.2. The van der Waals surface area contributed by atoms with Crippen LogP contribution in [0.25, 0.3) is 0 Å². The van der Waals surface area contributed by atoms with Crippen molar-refractivity contribution in [1.82, 2.24) is 10.2 Å². The Morgan fingerprint density at radius 3 is 2.60 bits per heavy atom. The van der Waals surface area contributed by atoms with Gasteiger partial charge in [-0.1, -0.05) is 6.08 Å². The van der Waals surface area contributed by atoms with Crippen LogP contribution in [0.3, 0.4) is 0 Å². The summed E-state index contributed by atoms with van der Waals surface area (Å²) in [5, 5.41) is 3.18. The van der Waals surface area contributed by atoms with Crippen molar-refractivity contribution in [2.75, 3.05) is 26.3 Å². The van der Waals surface area contributed by atoms with Crippen molar-refractivity contribution < 1.29 is 9.53 Å². The molecule has 4 heteroatoms. The fourth-order valence-electron chi connectivity index (χ4n) is 1.59. The molecule has 1 N–H and O–H groups in total. The minimum Gasteiger partial charge on any atom is -0.378 e. The molecule has 0 bridgehead atoms. The maximum absolute atomic E-state index is 11.9. The lowest BCUT2D eigenvalue weighted by Crippen LogP contribution is -2.50. The Hall–Kier alpha value is -0.870. The highest BCUT2D eigenvalue weighted by atomic mass is 16.5. The molecule has 1 aliphatic rings. The predicted octanol–water partition coefficient (Wildman–Crippen LogP) is 0.398. The number of nitrogens with zero attached hydrogens (tertiary/aromatic N) is 1. The molecule has 1 saturated heterocycles. The highest BCUT2D eigenvalue weighted by Gasteiger charge is 2.22. The molecule has 2 atom stereocenters. The average molecular weight is 212 g/mol. The van der Waals surface area contributed by atoms with Crippen molar-refractivity contribution in [2.45, 2.75) is 25.9 Å². The molecule has 86 valence electrons. The SMILES string of the molecule is C=CC(C)NC(C)C(=O)N1CCOCC1. The van der Waals surface area contributed by atoms with E-state index in [4.69, 9.17) is 4.74 Å². The van der Waals surface area contributed by atoms with Crippen LogP contribution < -0.4 is 5.32 Å². The zero-order chi connectivity index (χ0) is 11.3. The quantitative estimate of drug-likeness (QED) is 0.686. The molecule has 1 rings (SSSR count). The molecule has 0 aromatic carbocycles. The van der Waals surface area contributed by atoms with Gasteiger partial charge in [-0.05, 0) is 13.8 Å². The molecule has 1 aliphatic heterocycles. The van der Waals surface area contributed by atoms with E-state index in [1.807, 2.05) is 18.7 Å². The van der Waals surface area contributed by atoms with Crippen LogP contribution in [0.2, 0.25) is 0 Å². The van der Waals surface area contributed by atoms with Crippen molar-refractivity contribution in [2.24, 2.45) is 0 Å². The van der Waals surface area contributed by atoms with Gasteiger partial charge < -0.3 is 15.0 Å². The first-order valence-electron chi connectivity index (χ1n) is 5.40. The summed E-state index contributed by atoms with van der Waals surface area (Å²) in [5.41, 5.74) is 0. The van der Waals surface area contributed by atoms with Crippen LogP contribution in [0.1, 0.15) is 13.8 Å². The van der Waals surface area contributed by atoms with Gasteiger partial charge in [-0.3, -0.25) is 4.79 Å². The van der Waals surface area contributed by atoms with Crippen LogP contribution in [0, 0.1) is 0 Å². The third-order valence-electron chi connectivity index (χ3n) is 2.56. The summed E-state index contributed by atoms with van der Waals surface area (Å²) in [5.74, 6) is 0.145. The molecule has 1 fully saturated rings. The van der Waals surface area contributed by atoms with Crippen molar-refractivity contribution in [3.8, 4) is 0 Å². The topological polar surface area (TPSA) is 41.6 Å². The van der Waals surface area contributed by atoms with Gasteiger partial charge in [0.25, 0.3) is 0 Å². The molecule has 0 aromatic heterocycles. The van der Waals surface area contributed by atoms with Crippen molar-refractivity contribution in [3.63, 3.8) is 0 Å². The minimum atomic E-state index is -0.156. The van der Waals surface area contributed by atoms with E-state index >= 15 is 0 Å². The monoisotopic (exact) mass is 212 g/mol. The molecule has 0 spiro atoms. The average Bonchev–Trinajstić information content (AvgIpc) is 2.29. The van der Waals surface area contributed by atoms with E-state index in [1.54, 1.807) is 6.08 Å². The first-order chi connectivity index (χ1) is 7.15. The molecular formula is C11H20N2O2. The second-order valence-electron chi connectivity index (χ2n) is 3.85. The first-order valence-corrected chi connectivity index (χ1v) is 5.40. The van der Waals surface area contributed by atoms with Crippen LogP contribution >= 0.6 is 0 Å². The summed E-state index contributed by atoms with van der Waals surface area (Å²) in [6, 6.07) is 0.00101. The molecule has 1 amide bonds. The van der Waals surface area contributed by atoms with Crippen LogP contribution in [0.15, 0.2) is 12.7 Å². The number of nitrogens with one attached hydrogen (secondary N) is 1. The summed E-state index contributed by atoms with van der Waals surface area (Å²) >= 11 is 0. The fourth-order valence-corrected chi connectivity index (χ4v) is 1.59. The highest BCUT2D eigenvalue weighted by molar-refractivity contribution is 5.81. The Balaban J connectivity index is 2.40. The van der Waals surface area contributed by atoms with E-state index in [0.717, 1.165) is 0 Å². The van der Waals surface area contributed by atoms with Crippen LogP contribution in [0.4, 0.5) is 0 Å². The highest BCUT2D eigenvalue weighted by Crippen LogP contribution is 2.01. The fraction of sp³-hybridized carbons (Fsp3) is 0.727. The van der Waals surface area contributed by atoms with Crippen LogP contribution in [-0.2, 0) is 9.53 Å². The third kappa shape index (κ3) is 3.64. The molecule has 0 aliphatic carbocycles. The van der Waals surface area contributed by atoms with E-state index in [9.17, 15) is 4.79 Å². The second kappa shape index (κ2) is 5.88. The van der Waals surface area contributed by atoms with Crippen LogP contribution in [-0.4, -0.2) is 49.2 Å². The maximum atomic E-state index is 11.9. The Labute approximate surface area is 91.3 Å². The minimum absolute atomic E-state index is 0.145. The lowest BCUT2D eigenvalue weighted by Gasteiger charge is -2.30. The van der Waals surface area contributed by atoms with E-state index in [0.29, 0.717) is 26.3 Å². The van der Waals surface area contributed by atoms with Gasteiger partial charge in [0.15, 0.2) is 0 Å². The largest absolute Gasteiger partial charge is 0.378 e. The van der Waals surface area contributed by atoms with Crippen molar-refractivity contribution >= 4 is 5.91 Å². The molecule has 0 radical (unpaired) electrons. The number of ether oxygens (including phenoxy) is 1. The summed E-state index contributed by atoms with van der Waals surface area (Å²) in [7, 11) is 0. The molecule has 15 heavy (non-hydrogen) atoms. The van der Waals surface area contributed by atoms with Gasteiger partial charge in [0.2, 0.25) is 5.91 Å². The molecule has 2 unspecified atom stereocenters. The summed E-state index contributed by atoms with van der Waals surface area (Å²) < 4.78 is 5.20. The normalized spacial score (nSPS) is 20.8. The molecule has 0 aromatic rings. The second-order valence-corrected chi connectivity index (χ2v) is 3.85. The van der Waals surface area contributed by atoms with Crippen molar-refractivity contribution in [1.29, 1.82) is 0 Å². The van der Waals surface area contributed by atoms with Gasteiger partial charge in [0.05, 0.1) is 19.3 Å². The number of carbonyl (C=O) groups is 1. The Morgan fingerprint density at radius 1 is 1.47 bits per heavy atom. The number of carbonyl (C=O) groups excluding carboxylic acids is 1. The zero-order valence-electron chi connectivity index (χ0n) is 9.53. The number of hydrogen-bond acceptors (Lipinski definition) is 3. The van der Waals surface area contributed by atoms with Gasteiger partial charge in [-0.2, -0.15) is 0 Å². The van der Waals surface area contributed by atoms with Gasteiger partial charge in [-0.25, -0.2) is 0 Å². The van der Waals surface area contributed by atoms with E-state index < -0.39 is 0 Å². The lowest BCUT2D eigenvalue weighted by atomic mass is 10.2. The summed E-state index contributed by atoms with van der Waals surface area (Å²) in [4.78, 5) is 13.8. The Kier molecular flexibility index (Phi) is 4.78. The molecular weight excluding hydrogens is 192 g/mol. The Bertz CT molecular complexity index is 225. The van der Waals surface area contributed by atoms with Gasteiger partial charge in [0.1, 0.15) is 0 Å². The van der Waals surface area contributed by atoms with Gasteiger partial charge in [-0.15, -0.1) is 6.58 Å². The summed E-state index contributed by atoms with van der Waals surface area (Å²) in [6.07, 6.45) is 1.79. The number of rotatable bonds is 4. The van der Waals surface area contributed by atoms with E-state index in [-0.39, 0.29) is 18.0 Å². The number of morpholine rings is 1. The van der Waals surface area contributed by atoms with Gasteiger partial charge in [0, 0.05) is 19.1 Å². The molecule has 0 saturated carbocycles. The lowest BCUT2D eigenvalue weighted by molar-refractivity contribution is -0.137. The third-order valence-corrected chi connectivity index (χ3v) is 2.56. The smallest absolute Gasteiger partial charge is 0.239 e. The van der Waals surface area contributed by atoms with Gasteiger partial charge >= 0.3 is 0 Å². The number of hydrogen-bond donors (Lipinski definition) is 1. The van der Waals surface area contributed by atoms with E-state index in [1.165, 1.54) is 0 Å². The number of amides is 1. The first kappa shape index (κ1) is 12.2. The maximum Gasteiger partial charge on any atom is 0.239 e. The Morgan fingerprint density at radius 2 is 2.07 bits per heavy atom. The zero-order valence-corrected chi connectivity index (χ0v) is 9.53. The predicted molar refractivity (Wildman–Crippen MR) is 59.7 cm³/mol.